The fourth-order valence-electron chi connectivity index (χ4n) is 2.03. The number of fused-ring (bicyclic) bond motifs is 1. The van der Waals surface area contributed by atoms with Gasteiger partial charge in [-0.25, -0.2) is 4.79 Å². The molecule has 0 saturated heterocycles. The van der Waals surface area contributed by atoms with E-state index < -0.39 is 17.7 Å². The number of hydrogen-bond donors (Lipinski definition) is 0. The van der Waals surface area contributed by atoms with E-state index in [0.29, 0.717) is 12.0 Å². The first kappa shape index (κ1) is 15.4. The number of carbonyl (C=O) groups is 1. The number of carbonyl (C=O) groups excluding carboxylic acids is 1. The van der Waals surface area contributed by atoms with Crippen LogP contribution < -0.4 is 15.5 Å². The van der Waals surface area contributed by atoms with Crippen molar-refractivity contribution in [1.82, 2.24) is 0 Å². The second-order valence-corrected chi connectivity index (χ2v) is 5.11. The Morgan fingerprint density at radius 1 is 1.43 bits per heavy atom. The molecule has 0 saturated carbocycles. The second-order valence-electron chi connectivity index (χ2n) is 4.70. The SMILES string of the molecule is CCCc1cc(=O)oc2cc(O[C@@H](C)C(=O)[O-])c(Cl)cc12. The average Bonchev–Trinajstić information content (AvgIpc) is 2.40. The Morgan fingerprint density at radius 3 is 2.76 bits per heavy atom. The lowest BCUT2D eigenvalue weighted by Crippen LogP contribution is -2.37. The van der Waals surface area contributed by atoms with E-state index >= 15 is 0 Å². The molecule has 0 aliphatic rings. The van der Waals surface area contributed by atoms with Crippen LogP contribution in [0.15, 0.2) is 27.4 Å². The van der Waals surface area contributed by atoms with Crippen LogP contribution in [0.25, 0.3) is 11.0 Å². The molecule has 0 radical (unpaired) electrons. The monoisotopic (exact) mass is 309 g/mol. The summed E-state index contributed by atoms with van der Waals surface area (Å²) in [6.07, 6.45) is 0.426. The predicted molar refractivity (Wildman–Crippen MR) is 76.6 cm³/mol. The third kappa shape index (κ3) is 3.36. The Balaban J connectivity index is 2.54. The summed E-state index contributed by atoms with van der Waals surface area (Å²) in [5.74, 6) is -1.22. The number of rotatable bonds is 5. The van der Waals surface area contributed by atoms with Gasteiger partial charge in [0.1, 0.15) is 17.4 Å². The number of carboxylic acids is 1. The van der Waals surface area contributed by atoms with Crippen LogP contribution in [0.5, 0.6) is 5.75 Å². The van der Waals surface area contributed by atoms with Gasteiger partial charge in [-0.1, -0.05) is 24.9 Å². The molecular weight excluding hydrogens is 296 g/mol. The first-order chi connectivity index (χ1) is 9.92. The van der Waals surface area contributed by atoms with Crippen molar-refractivity contribution in [3.63, 3.8) is 0 Å². The average molecular weight is 310 g/mol. The molecule has 0 fully saturated rings. The summed E-state index contributed by atoms with van der Waals surface area (Å²) in [7, 11) is 0. The number of aliphatic carboxylic acids is 1. The van der Waals surface area contributed by atoms with Gasteiger partial charge in [-0.3, -0.25) is 0 Å². The molecule has 1 aromatic heterocycles. The third-order valence-electron chi connectivity index (χ3n) is 3.04. The highest BCUT2D eigenvalue weighted by Crippen LogP contribution is 2.32. The molecular formula is C15H14ClO5-. The van der Waals surface area contributed by atoms with Gasteiger partial charge in [0.2, 0.25) is 0 Å². The quantitative estimate of drug-likeness (QED) is 0.788. The first-order valence-electron chi connectivity index (χ1n) is 6.56. The van der Waals surface area contributed by atoms with E-state index in [1.54, 1.807) is 6.07 Å². The number of benzene rings is 1. The van der Waals surface area contributed by atoms with Crippen molar-refractivity contribution in [2.75, 3.05) is 0 Å². The van der Waals surface area contributed by atoms with E-state index in [0.717, 1.165) is 17.4 Å². The zero-order valence-electron chi connectivity index (χ0n) is 11.6. The zero-order valence-corrected chi connectivity index (χ0v) is 12.4. The number of carboxylic acid groups (broad SMARTS) is 1. The zero-order chi connectivity index (χ0) is 15.6. The van der Waals surface area contributed by atoms with Gasteiger partial charge in [-0.05, 0) is 25.0 Å². The summed E-state index contributed by atoms with van der Waals surface area (Å²) in [6.45, 7) is 3.33. The minimum absolute atomic E-state index is 0.137. The first-order valence-corrected chi connectivity index (χ1v) is 6.94. The van der Waals surface area contributed by atoms with Crippen molar-refractivity contribution in [3.05, 3.63) is 39.2 Å². The molecule has 0 unspecified atom stereocenters. The third-order valence-corrected chi connectivity index (χ3v) is 3.33. The molecule has 1 atom stereocenters. The van der Waals surface area contributed by atoms with Gasteiger partial charge in [-0.2, -0.15) is 0 Å². The Labute approximate surface area is 126 Å². The topological polar surface area (TPSA) is 79.6 Å². The van der Waals surface area contributed by atoms with Crippen LogP contribution in [0.1, 0.15) is 25.8 Å². The van der Waals surface area contributed by atoms with Crippen LogP contribution in [-0.4, -0.2) is 12.1 Å². The minimum Gasteiger partial charge on any atom is -0.546 e. The maximum absolute atomic E-state index is 11.6. The van der Waals surface area contributed by atoms with Gasteiger partial charge in [0.05, 0.1) is 11.0 Å². The molecule has 2 aromatic rings. The molecule has 6 heteroatoms. The van der Waals surface area contributed by atoms with E-state index in [4.69, 9.17) is 20.8 Å². The molecule has 0 bridgehead atoms. The van der Waals surface area contributed by atoms with Crippen molar-refractivity contribution in [2.24, 2.45) is 0 Å². The lowest BCUT2D eigenvalue weighted by Gasteiger charge is -2.17. The van der Waals surface area contributed by atoms with E-state index in [2.05, 4.69) is 0 Å². The lowest BCUT2D eigenvalue weighted by molar-refractivity contribution is -0.312. The summed E-state index contributed by atoms with van der Waals surface area (Å²) in [4.78, 5) is 22.3. The lowest BCUT2D eigenvalue weighted by atomic mass is 10.1. The smallest absolute Gasteiger partial charge is 0.336 e. The molecule has 0 spiro atoms. The van der Waals surface area contributed by atoms with E-state index in [1.165, 1.54) is 19.1 Å². The molecule has 0 aliphatic carbocycles. The second kappa shape index (κ2) is 6.18. The molecule has 1 aromatic carbocycles. The Kier molecular flexibility index (Phi) is 4.53. The minimum atomic E-state index is -1.35. The van der Waals surface area contributed by atoms with E-state index in [9.17, 15) is 14.7 Å². The molecule has 0 N–H and O–H groups in total. The highest BCUT2D eigenvalue weighted by atomic mass is 35.5. The van der Waals surface area contributed by atoms with Gasteiger partial charge >= 0.3 is 5.63 Å². The maximum atomic E-state index is 11.6. The Hall–Kier alpha value is -2.01. The molecule has 1 heterocycles. The number of aryl methyl sites for hydroxylation is 1. The highest BCUT2D eigenvalue weighted by molar-refractivity contribution is 6.32. The normalized spacial score (nSPS) is 12.3. The van der Waals surface area contributed by atoms with Crippen LogP contribution in [0.2, 0.25) is 5.02 Å². The van der Waals surface area contributed by atoms with E-state index in [1.807, 2.05) is 6.92 Å². The predicted octanol–water partition coefficient (Wildman–Crippen LogP) is 1.92. The number of hydrogen-bond acceptors (Lipinski definition) is 5. The van der Waals surface area contributed by atoms with Gasteiger partial charge in [0, 0.05) is 17.5 Å². The van der Waals surface area contributed by atoms with Crippen LogP contribution in [0, 0.1) is 0 Å². The Morgan fingerprint density at radius 2 is 2.14 bits per heavy atom. The van der Waals surface area contributed by atoms with Gasteiger partial charge < -0.3 is 19.1 Å². The largest absolute Gasteiger partial charge is 0.546 e. The van der Waals surface area contributed by atoms with Crippen molar-refractivity contribution in [1.29, 1.82) is 0 Å². The molecule has 21 heavy (non-hydrogen) atoms. The molecule has 5 nitrogen and oxygen atoms in total. The maximum Gasteiger partial charge on any atom is 0.336 e. The molecule has 112 valence electrons. The summed E-state index contributed by atoms with van der Waals surface area (Å²) in [5.41, 5.74) is 0.688. The fourth-order valence-corrected chi connectivity index (χ4v) is 2.24. The summed E-state index contributed by atoms with van der Waals surface area (Å²) >= 11 is 6.11. The van der Waals surface area contributed by atoms with Gasteiger partial charge in [0.25, 0.3) is 0 Å². The summed E-state index contributed by atoms with van der Waals surface area (Å²) in [6, 6.07) is 4.48. The van der Waals surface area contributed by atoms with Crippen molar-refractivity contribution >= 4 is 28.5 Å². The summed E-state index contributed by atoms with van der Waals surface area (Å²) < 4.78 is 10.3. The van der Waals surface area contributed by atoms with Crippen molar-refractivity contribution < 1.29 is 19.1 Å². The molecule has 0 aliphatic heterocycles. The molecule has 2 rings (SSSR count). The molecule has 0 amide bonds. The highest BCUT2D eigenvalue weighted by Gasteiger charge is 2.13. The van der Waals surface area contributed by atoms with Crippen LogP contribution in [0.4, 0.5) is 0 Å². The number of ether oxygens (including phenoxy) is 1. The fraction of sp³-hybridized carbons (Fsp3) is 0.333. The summed E-state index contributed by atoms with van der Waals surface area (Å²) in [5, 5.41) is 11.7. The number of halogens is 1. The van der Waals surface area contributed by atoms with Crippen molar-refractivity contribution in [2.45, 2.75) is 32.8 Å². The van der Waals surface area contributed by atoms with Crippen molar-refractivity contribution in [3.8, 4) is 5.75 Å². The van der Waals surface area contributed by atoms with Gasteiger partial charge in [-0.15, -0.1) is 0 Å². The van der Waals surface area contributed by atoms with Crippen LogP contribution >= 0.6 is 11.6 Å². The van der Waals surface area contributed by atoms with E-state index in [-0.39, 0.29) is 10.8 Å². The standard InChI is InChI=1S/C15H15ClO5/c1-3-4-9-5-14(17)21-12-7-13(11(16)6-10(9)12)20-8(2)15(18)19/h5-8H,3-4H2,1-2H3,(H,18,19)/p-1/t8-/m0/s1. The van der Waals surface area contributed by atoms with Crippen LogP contribution in [-0.2, 0) is 11.2 Å². The van der Waals surface area contributed by atoms with Crippen LogP contribution in [0.3, 0.4) is 0 Å². The Bertz CT molecular complexity index is 735. The van der Waals surface area contributed by atoms with Gasteiger partial charge in [0.15, 0.2) is 0 Å².